The molecule has 0 amide bonds. The van der Waals surface area contributed by atoms with Crippen LogP contribution >= 0.6 is 0 Å². The molecule has 0 radical (unpaired) electrons. The molecule has 28 heavy (non-hydrogen) atoms. The first-order valence-corrected chi connectivity index (χ1v) is 12.8. The highest BCUT2D eigenvalue weighted by Crippen LogP contribution is 2.16. The third-order valence-electron chi connectivity index (χ3n) is 6.18. The molecule has 0 aromatic carbocycles. The zero-order valence-corrected chi connectivity index (χ0v) is 19.9. The molecule has 0 spiro atoms. The largest absolute Gasteiger partial charge is 0.465 e. The smallest absolute Gasteiger partial charge is 0.308 e. The Bertz CT molecular complexity index is 326. The van der Waals surface area contributed by atoms with Crippen molar-refractivity contribution in [2.75, 3.05) is 6.61 Å². The second-order valence-electron chi connectivity index (χ2n) is 9.11. The van der Waals surface area contributed by atoms with E-state index in [1.807, 2.05) is 6.92 Å². The molecule has 2 atom stereocenters. The summed E-state index contributed by atoms with van der Waals surface area (Å²) in [5.74, 6) is 0.855. The van der Waals surface area contributed by atoms with Gasteiger partial charge in [-0.2, -0.15) is 0 Å². The summed E-state index contributed by atoms with van der Waals surface area (Å²) in [6, 6.07) is 0. The van der Waals surface area contributed by atoms with E-state index in [0.29, 0.717) is 6.61 Å². The minimum atomic E-state index is 0.0128. The van der Waals surface area contributed by atoms with Crippen LogP contribution in [0.4, 0.5) is 0 Å². The number of hydrogen-bond acceptors (Lipinski definition) is 2. The molecule has 2 unspecified atom stereocenters. The fraction of sp³-hybridized carbons (Fsp3) is 0.962. The first kappa shape index (κ1) is 27.5. The number of esters is 1. The number of unbranched alkanes of at least 4 members (excludes halogenated alkanes) is 13. The fourth-order valence-corrected chi connectivity index (χ4v) is 3.71. The van der Waals surface area contributed by atoms with Gasteiger partial charge in [0.2, 0.25) is 0 Å². The SMILES string of the molecule is CCCCCCCCCCCCCCCCOC(=O)C(C)CCCC(C)CC. The molecular weight excluding hydrogens is 344 g/mol. The predicted octanol–water partition coefficient (Wildman–Crippen LogP) is 8.86. The molecule has 0 heterocycles. The van der Waals surface area contributed by atoms with Crippen molar-refractivity contribution in [2.24, 2.45) is 11.8 Å². The van der Waals surface area contributed by atoms with Gasteiger partial charge in [0, 0.05) is 0 Å². The number of carbonyl (C=O) groups is 1. The van der Waals surface area contributed by atoms with Crippen molar-refractivity contribution in [1.29, 1.82) is 0 Å². The Kier molecular flexibility index (Phi) is 20.8. The molecule has 0 aromatic heterocycles. The normalized spacial score (nSPS) is 13.4. The molecule has 0 saturated carbocycles. The van der Waals surface area contributed by atoms with Gasteiger partial charge < -0.3 is 4.74 Å². The molecule has 0 aliphatic rings. The van der Waals surface area contributed by atoms with Crippen LogP contribution in [-0.2, 0) is 9.53 Å². The van der Waals surface area contributed by atoms with E-state index < -0.39 is 0 Å². The molecule has 0 N–H and O–H groups in total. The first-order valence-electron chi connectivity index (χ1n) is 12.8. The van der Waals surface area contributed by atoms with Crippen LogP contribution < -0.4 is 0 Å². The highest BCUT2D eigenvalue weighted by Gasteiger charge is 2.14. The molecule has 0 fully saturated rings. The molecule has 2 heteroatoms. The van der Waals surface area contributed by atoms with Gasteiger partial charge in [-0.1, -0.05) is 130 Å². The second kappa shape index (κ2) is 21.2. The number of hydrogen-bond donors (Lipinski definition) is 0. The Morgan fingerprint density at radius 1 is 0.643 bits per heavy atom. The van der Waals surface area contributed by atoms with Gasteiger partial charge >= 0.3 is 5.97 Å². The molecule has 0 aliphatic heterocycles. The van der Waals surface area contributed by atoms with Gasteiger partial charge in [-0.15, -0.1) is 0 Å². The molecule has 168 valence electrons. The van der Waals surface area contributed by atoms with Crippen LogP contribution in [0.25, 0.3) is 0 Å². The molecular formula is C26H52O2. The highest BCUT2D eigenvalue weighted by molar-refractivity contribution is 5.71. The molecule has 0 bridgehead atoms. The Morgan fingerprint density at radius 2 is 1.11 bits per heavy atom. The van der Waals surface area contributed by atoms with Crippen molar-refractivity contribution in [3.8, 4) is 0 Å². The van der Waals surface area contributed by atoms with E-state index in [1.165, 1.54) is 96.3 Å². The van der Waals surface area contributed by atoms with E-state index in [2.05, 4.69) is 20.8 Å². The second-order valence-corrected chi connectivity index (χ2v) is 9.11. The lowest BCUT2D eigenvalue weighted by Gasteiger charge is -2.13. The lowest BCUT2D eigenvalue weighted by atomic mass is 9.97. The monoisotopic (exact) mass is 396 g/mol. The number of ether oxygens (including phenoxy) is 1. The van der Waals surface area contributed by atoms with Gasteiger partial charge in [-0.25, -0.2) is 0 Å². The number of carbonyl (C=O) groups excluding carboxylic acids is 1. The zero-order chi connectivity index (χ0) is 20.9. The third-order valence-corrected chi connectivity index (χ3v) is 6.18. The van der Waals surface area contributed by atoms with Gasteiger partial charge in [-0.3, -0.25) is 4.79 Å². The van der Waals surface area contributed by atoms with Gasteiger partial charge in [0.05, 0.1) is 12.5 Å². The Balaban J connectivity index is 3.28. The average molecular weight is 397 g/mol. The Hall–Kier alpha value is -0.530. The lowest BCUT2D eigenvalue weighted by molar-refractivity contribution is -0.148. The lowest BCUT2D eigenvalue weighted by Crippen LogP contribution is -2.15. The minimum Gasteiger partial charge on any atom is -0.465 e. The van der Waals surface area contributed by atoms with Crippen LogP contribution in [0.5, 0.6) is 0 Å². The quantitative estimate of drug-likeness (QED) is 0.143. The van der Waals surface area contributed by atoms with Crippen molar-refractivity contribution >= 4 is 5.97 Å². The van der Waals surface area contributed by atoms with Crippen molar-refractivity contribution in [3.63, 3.8) is 0 Å². The highest BCUT2D eigenvalue weighted by atomic mass is 16.5. The molecule has 0 aromatic rings. The van der Waals surface area contributed by atoms with Crippen LogP contribution in [0.2, 0.25) is 0 Å². The van der Waals surface area contributed by atoms with Gasteiger partial charge in [0.15, 0.2) is 0 Å². The van der Waals surface area contributed by atoms with Crippen molar-refractivity contribution in [2.45, 2.75) is 143 Å². The minimum absolute atomic E-state index is 0.0128. The fourth-order valence-electron chi connectivity index (χ4n) is 3.71. The summed E-state index contributed by atoms with van der Waals surface area (Å²) in [4.78, 5) is 12.0. The van der Waals surface area contributed by atoms with E-state index >= 15 is 0 Å². The Morgan fingerprint density at radius 3 is 1.57 bits per heavy atom. The standard InChI is InChI=1S/C26H52O2/c1-5-7-8-9-10-11-12-13-14-15-16-17-18-19-23-28-26(27)25(4)22-20-21-24(3)6-2/h24-25H,5-23H2,1-4H3. The van der Waals surface area contributed by atoms with E-state index in [1.54, 1.807) is 0 Å². The zero-order valence-electron chi connectivity index (χ0n) is 19.9. The molecule has 2 nitrogen and oxygen atoms in total. The summed E-state index contributed by atoms with van der Waals surface area (Å²) in [5.41, 5.74) is 0. The Labute approximate surface area is 177 Å². The maximum absolute atomic E-state index is 12.0. The summed E-state index contributed by atoms with van der Waals surface area (Å²) >= 11 is 0. The predicted molar refractivity (Wildman–Crippen MR) is 124 cm³/mol. The van der Waals surface area contributed by atoms with Crippen molar-refractivity contribution < 1.29 is 9.53 Å². The van der Waals surface area contributed by atoms with E-state index in [4.69, 9.17) is 4.74 Å². The molecule has 0 saturated heterocycles. The average Bonchev–Trinajstić information content (AvgIpc) is 2.70. The maximum Gasteiger partial charge on any atom is 0.308 e. The van der Waals surface area contributed by atoms with Crippen LogP contribution in [-0.4, -0.2) is 12.6 Å². The van der Waals surface area contributed by atoms with E-state index in [9.17, 15) is 4.79 Å². The van der Waals surface area contributed by atoms with E-state index in [0.717, 1.165) is 25.2 Å². The van der Waals surface area contributed by atoms with E-state index in [-0.39, 0.29) is 11.9 Å². The van der Waals surface area contributed by atoms with Gasteiger partial charge in [-0.05, 0) is 18.8 Å². The summed E-state index contributed by atoms with van der Waals surface area (Å²) < 4.78 is 5.46. The van der Waals surface area contributed by atoms with Crippen molar-refractivity contribution in [3.05, 3.63) is 0 Å². The summed E-state index contributed by atoms with van der Waals surface area (Å²) in [6.07, 6.45) is 23.6. The van der Waals surface area contributed by atoms with Crippen molar-refractivity contribution in [1.82, 2.24) is 0 Å². The summed E-state index contributed by atoms with van der Waals surface area (Å²) in [7, 11) is 0. The topological polar surface area (TPSA) is 26.3 Å². The first-order chi connectivity index (χ1) is 13.6. The van der Waals surface area contributed by atoms with Crippen LogP contribution in [0.3, 0.4) is 0 Å². The van der Waals surface area contributed by atoms with Crippen LogP contribution in [0, 0.1) is 11.8 Å². The van der Waals surface area contributed by atoms with Gasteiger partial charge in [0.25, 0.3) is 0 Å². The maximum atomic E-state index is 12.0. The number of rotatable bonds is 21. The molecule has 0 rings (SSSR count). The summed E-state index contributed by atoms with van der Waals surface area (Å²) in [5, 5.41) is 0. The molecule has 0 aliphatic carbocycles. The van der Waals surface area contributed by atoms with Crippen LogP contribution in [0.15, 0.2) is 0 Å². The third kappa shape index (κ3) is 18.8. The van der Waals surface area contributed by atoms with Gasteiger partial charge in [0.1, 0.15) is 0 Å². The summed E-state index contributed by atoms with van der Waals surface area (Å²) in [6.45, 7) is 9.44. The van der Waals surface area contributed by atoms with Crippen LogP contribution in [0.1, 0.15) is 143 Å².